The maximum absolute atomic E-state index is 5.45. The first-order chi connectivity index (χ1) is 7.26. The van der Waals surface area contributed by atoms with Gasteiger partial charge in [0.2, 0.25) is 0 Å². The molecular weight excluding hydrogens is 208 g/mol. The number of nitrogens with one attached hydrogen (secondary N) is 1. The van der Waals surface area contributed by atoms with Crippen molar-refractivity contribution in [3.05, 3.63) is 18.2 Å². The molecule has 0 unspecified atom stereocenters. The second-order valence-corrected chi connectivity index (χ2v) is 3.84. The Balaban J connectivity index is 2.28. The first-order valence-electron chi connectivity index (χ1n) is 5.23. The van der Waals surface area contributed by atoms with Gasteiger partial charge in [-0.2, -0.15) is 0 Å². The van der Waals surface area contributed by atoms with Crippen molar-refractivity contribution >= 4 is 17.2 Å². The van der Waals surface area contributed by atoms with Gasteiger partial charge in [0.1, 0.15) is 0 Å². The van der Waals surface area contributed by atoms with Crippen molar-refractivity contribution in [2.75, 3.05) is 13.1 Å². The van der Waals surface area contributed by atoms with E-state index in [9.17, 15) is 0 Å². The van der Waals surface area contributed by atoms with E-state index in [1.165, 1.54) is 0 Å². The Morgan fingerprint density at radius 3 is 3.13 bits per heavy atom. The lowest BCUT2D eigenvalue weighted by molar-refractivity contribution is 0.672. The van der Waals surface area contributed by atoms with E-state index in [0.29, 0.717) is 6.54 Å². The fourth-order valence-electron chi connectivity index (χ4n) is 1.26. The molecule has 0 aliphatic heterocycles. The molecule has 0 fully saturated rings. The van der Waals surface area contributed by atoms with Crippen LogP contribution >= 0.6 is 12.2 Å². The second-order valence-electron chi connectivity index (χ2n) is 3.35. The van der Waals surface area contributed by atoms with Crippen molar-refractivity contribution in [2.45, 2.75) is 26.3 Å². The lowest BCUT2D eigenvalue weighted by Crippen LogP contribution is -2.24. The summed E-state index contributed by atoms with van der Waals surface area (Å²) in [7, 11) is 0. The number of hydrogen-bond acceptors (Lipinski definition) is 3. The van der Waals surface area contributed by atoms with Gasteiger partial charge < -0.3 is 15.6 Å². The molecule has 0 aromatic carbocycles. The first-order valence-corrected chi connectivity index (χ1v) is 5.64. The van der Waals surface area contributed by atoms with Gasteiger partial charge in [0.15, 0.2) is 0 Å². The average Bonchev–Trinajstić information content (AvgIpc) is 2.66. The maximum atomic E-state index is 5.45. The first kappa shape index (κ1) is 12.1. The lowest BCUT2D eigenvalue weighted by Gasteiger charge is -2.05. The second kappa shape index (κ2) is 6.53. The Hall–Kier alpha value is -0.940. The number of thiocarbonyl (C=S) groups is 1. The van der Waals surface area contributed by atoms with Gasteiger partial charge in [-0.25, -0.2) is 4.98 Å². The van der Waals surface area contributed by atoms with Crippen LogP contribution in [-0.4, -0.2) is 27.6 Å². The van der Waals surface area contributed by atoms with Crippen LogP contribution in [-0.2, 0) is 13.0 Å². The van der Waals surface area contributed by atoms with Crippen molar-refractivity contribution in [1.29, 1.82) is 0 Å². The monoisotopic (exact) mass is 226 g/mol. The van der Waals surface area contributed by atoms with Crippen LogP contribution in [0.3, 0.4) is 0 Å². The van der Waals surface area contributed by atoms with E-state index < -0.39 is 0 Å². The van der Waals surface area contributed by atoms with Gasteiger partial charge in [-0.05, 0) is 13.0 Å². The van der Waals surface area contributed by atoms with Crippen LogP contribution in [0.15, 0.2) is 12.5 Å². The Kier molecular flexibility index (Phi) is 5.28. The quantitative estimate of drug-likeness (QED) is 0.702. The highest BCUT2D eigenvalue weighted by Crippen LogP contribution is 1.95. The number of hydrogen-bond donors (Lipinski definition) is 2. The zero-order valence-corrected chi connectivity index (χ0v) is 9.89. The van der Waals surface area contributed by atoms with Crippen molar-refractivity contribution < 1.29 is 0 Å². The van der Waals surface area contributed by atoms with E-state index in [4.69, 9.17) is 18.0 Å². The molecule has 3 N–H and O–H groups in total. The van der Waals surface area contributed by atoms with Gasteiger partial charge in [-0.3, -0.25) is 0 Å². The molecule has 0 radical (unpaired) electrons. The van der Waals surface area contributed by atoms with E-state index in [1.54, 1.807) is 0 Å². The van der Waals surface area contributed by atoms with Gasteiger partial charge in [-0.1, -0.05) is 19.1 Å². The minimum atomic E-state index is 0.648. The van der Waals surface area contributed by atoms with Gasteiger partial charge in [0, 0.05) is 25.7 Å². The summed E-state index contributed by atoms with van der Waals surface area (Å²) in [5.41, 5.74) is 6.50. The van der Waals surface area contributed by atoms with Crippen LogP contribution in [0.5, 0.6) is 0 Å². The highest BCUT2D eigenvalue weighted by atomic mass is 32.1. The standard InChI is InChI=1S/C10H18N4S/c1-2-10(15)12-5-6-14-7-9(3-4-11)13-8-14/h7-8H,2-6,11H2,1H3,(H,12,15). The predicted molar refractivity (Wildman–Crippen MR) is 65.9 cm³/mol. The summed E-state index contributed by atoms with van der Waals surface area (Å²) in [5, 5.41) is 3.18. The molecule has 0 bridgehead atoms. The highest BCUT2D eigenvalue weighted by Gasteiger charge is 1.97. The number of nitrogens with zero attached hydrogens (tertiary/aromatic N) is 2. The molecule has 15 heavy (non-hydrogen) atoms. The minimum Gasteiger partial charge on any atom is -0.378 e. The van der Waals surface area contributed by atoms with Crippen LogP contribution in [0.4, 0.5) is 0 Å². The third-order valence-corrected chi connectivity index (χ3v) is 2.53. The third-order valence-electron chi connectivity index (χ3n) is 2.10. The zero-order valence-electron chi connectivity index (χ0n) is 9.07. The Bertz CT molecular complexity index is 308. The Morgan fingerprint density at radius 2 is 2.47 bits per heavy atom. The van der Waals surface area contributed by atoms with Crippen LogP contribution < -0.4 is 11.1 Å². The van der Waals surface area contributed by atoms with Crippen molar-refractivity contribution in [3.8, 4) is 0 Å². The van der Waals surface area contributed by atoms with Crippen molar-refractivity contribution in [2.24, 2.45) is 5.73 Å². The van der Waals surface area contributed by atoms with Crippen LogP contribution in [0, 0.1) is 0 Å². The van der Waals surface area contributed by atoms with Gasteiger partial charge in [-0.15, -0.1) is 0 Å². The summed E-state index contributed by atoms with van der Waals surface area (Å²) in [6, 6.07) is 0. The molecule has 5 heteroatoms. The lowest BCUT2D eigenvalue weighted by atomic mass is 10.3. The molecule has 0 aliphatic carbocycles. The van der Waals surface area contributed by atoms with E-state index in [0.717, 1.165) is 36.6 Å². The molecular formula is C10H18N4S. The van der Waals surface area contributed by atoms with E-state index >= 15 is 0 Å². The van der Waals surface area contributed by atoms with E-state index in [1.807, 2.05) is 19.4 Å². The van der Waals surface area contributed by atoms with Gasteiger partial charge >= 0.3 is 0 Å². The molecule has 4 nitrogen and oxygen atoms in total. The molecule has 84 valence electrons. The fourth-order valence-corrected chi connectivity index (χ4v) is 1.36. The molecule has 1 aromatic rings. The van der Waals surface area contributed by atoms with E-state index in [-0.39, 0.29) is 0 Å². The Labute approximate surface area is 95.9 Å². The third kappa shape index (κ3) is 4.40. The topological polar surface area (TPSA) is 55.9 Å². The summed E-state index contributed by atoms with van der Waals surface area (Å²) in [4.78, 5) is 5.16. The smallest absolute Gasteiger partial charge is 0.0950 e. The number of nitrogens with two attached hydrogens (primary N) is 1. The predicted octanol–water partition coefficient (Wildman–Crippen LogP) is 0.711. The molecule has 1 heterocycles. The number of rotatable bonds is 6. The summed E-state index contributed by atoms with van der Waals surface area (Å²) in [6.07, 6.45) is 5.61. The summed E-state index contributed by atoms with van der Waals surface area (Å²) in [6.45, 7) is 4.43. The summed E-state index contributed by atoms with van der Waals surface area (Å²) < 4.78 is 2.05. The van der Waals surface area contributed by atoms with Gasteiger partial charge in [0.05, 0.1) is 17.0 Å². The van der Waals surface area contributed by atoms with Crippen molar-refractivity contribution in [3.63, 3.8) is 0 Å². The molecule has 0 saturated carbocycles. The average molecular weight is 226 g/mol. The normalized spacial score (nSPS) is 10.3. The molecule has 0 aliphatic rings. The molecule has 0 saturated heterocycles. The number of imidazole rings is 1. The Morgan fingerprint density at radius 1 is 1.67 bits per heavy atom. The summed E-state index contributed by atoms with van der Waals surface area (Å²) in [5.74, 6) is 0. The molecule has 1 rings (SSSR count). The van der Waals surface area contributed by atoms with Crippen molar-refractivity contribution in [1.82, 2.24) is 14.9 Å². The highest BCUT2D eigenvalue weighted by molar-refractivity contribution is 7.80. The van der Waals surface area contributed by atoms with Crippen LogP contribution in [0.2, 0.25) is 0 Å². The SMILES string of the molecule is CCC(=S)NCCn1cnc(CCN)c1. The van der Waals surface area contributed by atoms with Crippen LogP contribution in [0.25, 0.3) is 0 Å². The van der Waals surface area contributed by atoms with Gasteiger partial charge in [0.25, 0.3) is 0 Å². The fraction of sp³-hybridized carbons (Fsp3) is 0.600. The summed E-state index contributed by atoms with van der Waals surface area (Å²) >= 11 is 5.06. The molecule has 0 spiro atoms. The largest absolute Gasteiger partial charge is 0.378 e. The molecule has 0 amide bonds. The van der Waals surface area contributed by atoms with Crippen LogP contribution in [0.1, 0.15) is 19.0 Å². The zero-order chi connectivity index (χ0) is 11.1. The number of aromatic nitrogens is 2. The maximum Gasteiger partial charge on any atom is 0.0950 e. The molecule has 0 atom stereocenters. The molecule has 1 aromatic heterocycles. The minimum absolute atomic E-state index is 0.648. The van der Waals surface area contributed by atoms with E-state index in [2.05, 4.69) is 14.9 Å².